The number of halogens is 3. The van der Waals surface area contributed by atoms with Crippen molar-refractivity contribution >= 4 is 34.8 Å². The topological polar surface area (TPSA) is 60.3 Å². The van der Waals surface area contributed by atoms with Crippen LogP contribution in [0.1, 0.15) is 35.0 Å². The summed E-state index contributed by atoms with van der Waals surface area (Å²) < 4.78 is 34.6. The predicted octanol–water partition coefficient (Wildman–Crippen LogP) is 4.65. The van der Waals surface area contributed by atoms with Crippen molar-refractivity contribution < 1.29 is 23.1 Å². The number of nitrogens with one attached hydrogen (secondary N) is 1. The molecule has 1 N–H and O–H groups in total. The fourth-order valence-corrected chi connectivity index (χ4v) is 3.63. The summed E-state index contributed by atoms with van der Waals surface area (Å²) in [5, 5.41) is 3.63. The van der Waals surface area contributed by atoms with Crippen molar-refractivity contribution in [3.63, 3.8) is 0 Å². The summed E-state index contributed by atoms with van der Waals surface area (Å²) in [6.07, 6.45) is 1.84. The number of benzene rings is 2. The molecule has 0 saturated heterocycles. The van der Waals surface area contributed by atoms with E-state index in [1.807, 2.05) is 6.92 Å². The number of aromatic nitrogens is 1. The van der Waals surface area contributed by atoms with E-state index in [0.717, 1.165) is 24.1 Å². The molecule has 1 aromatic heterocycles. The quantitative estimate of drug-likeness (QED) is 0.415. The van der Waals surface area contributed by atoms with Gasteiger partial charge >= 0.3 is 0 Å². The molecule has 1 heterocycles. The van der Waals surface area contributed by atoms with Crippen LogP contribution in [0.5, 0.6) is 5.75 Å². The number of carbonyl (C=O) groups is 2. The lowest BCUT2D eigenvalue weighted by Crippen LogP contribution is -2.17. The second-order valence-electron chi connectivity index (χ2n) is 6.80. The number of hydrogen-bond donors (Lipinski definition) is 1. The first-order valence-electron chi connectivity index (χ1n) is 9.52. The summed E-state index contributed by atoms with van der Waals surface area (Å²) in [4.78, 5) is 23.8. The summed E-state index contributed by atoms with van der Waals surface area (Å²) in [7, 11) is 0. The van der Waals surface area contributed by atoms with E-state index >= 15 is 0 Å². The van der Waals surface area contributed by atoms with Gasteiger partial charge in [-0.1, -0.05) is 18.5 Å². The minimum atomic E-state index is -0.945. The Balaban J connectivity index is 2.19. The van der Waals surface area contributed by atoms with E-state index in [2.05, 4.69) is 5.32 Å². The third-order valence-corrected chi connectivity index (χ3v) is 5.11. The molecule has 0 bridgehead atoms. The zero-order valence-corrected chi connectivity index (χ0v) is 17.4. The van der Waals surface area contributed by atoms with Crippen LogP contribution in [-0.2, 0) is 11.2 Å². The molecule has 8 heteroatoms. The average Bonchev–Trinajstić information content (AvgIpc) is 2.96. The van der Waals surface area contributed by atoms with Crippen molar-refractivity contribution in [2.45, 2.75) is 26.7 Å². The zero-order valence-electron chi connectivity index (χ0n) is 16.6. The van der Waals surface area contributed by atoms with Crippen molar-refractivity contribution in [2.75, 3.05) is 13.2 Å². The number of amides is 1. The van der Waals surface area contributed by atoms with E-state index in [-0.39, 0.29) is 5.56 Å². The van der Waals surface area contributed by atoms with Crippen LogP contribution in [-0.4, -0.2) is 30.0 Å². The van der Waals surface area contributed by atoms with E-state index in [1.165, 1.54) is 4.57 Å². The van der Waals surface area contributed by atoms with Crippen molar-refractivity contribution in [2.24, 2.45) is 0 Å². The minimum Gasteiger partial charge on any atom is -0.492 e. The molecule has 0 radical (unpaired) electrons. The van der Waals surface area contributed by atoms with Crippen LogP contribution in [0, 0.1) is 18.6 Å². The van der Waals surface area contributed by atoms with Gasteiger partial charge < -0.3 is 10.1 Å². The Morgan fingerprint density at radius 1 is 1.27 bits per heavy atom. The highest BCUT2D eigenvalue weighted by molar-refractivity contribution is 6.33. The fourth-order valence-electron chi connectivity index (χ4n) is 3.42. The summed E-state index contributed by atoms with van der Waals surface area (Å²) in [5.74, 6) is -1.87. The Kier molecular flexibility index (Phi) is 6.72. The second-order valence-corrected chi connectivity index (χ2v) is 7.21. The number of carbonyl (C=O) groups excluding carboxylic acids is 2. The van der Waals surface area contributed by atoms with Gasteiger partial charge in [0.05, 0.1) is 22.7 Å². The maximum absolute atomic E-state index is 14.3. The largest absolute Gasteiger partial charge is 0.492 e. The van der Waals surface area contributed by atoms with E-state index in [9.17, 15) is 18.4 Å². The Morgan fingerprint density at radius 3 is 2.70 bits per heavy atom. The van der Waals surface area contributed by atoms with Crippen molar-refractivity contribution in [3.05, 3.63) is 63.8 Å². The summed E-state index contributed by atoms with van der Waals surface area (Å²) in [5.41, 5.74) is 1.61. The van der Waals surface area contributed by atoms with Gasteiger partial charge in [0, 0.05) is 23.7 Å². The van der Waals surface area contributed by atoms with Crippen LogP contribution < -0.4 is 10.1 Å². The molecule has 0 atom stereocenters. The average molecular weight is 435 g/mol. The third kappa shape index (κ3) is 4.16. The van der Waals surface area contributed by atoms with Gasteiger partial charge in [0.2, 0.25) is 6.41 Å². The Bertz CT molecular complexity index is 1110. The lowest BCUT2D eigenvalue weighted by Gasteiger charge is -2.10. The van der Waals surface area contributed by atoms with Gasteiger partial charge in [-0.25, -0.2) is 8.78 Å². The lowest BCUT2D eigenvalue weighted by atomic mass is 10.1. The van der Waals surface area contributed by atoms with Gasteiger partial charge in [0.15, 0.2) is 0 Å². The molecule has 0 unspecified atom stereocenters. The SMILES string of the molecule is CCCOc1cc2c(CCNC=O)c(C)n(C(=O)c3ccc(F)cc3F)c2cc1Cl. The summed E-state index contributed by atoms with van der Waals surface area (Å²) in [6.45, 7) is 4.54. The summed E-state index contributed by atoms with van der Waals surface area (Å²) in [6, 6.07) is 6.18. The molecular weight excluding hydrogens is 414 g/mol. The van der Waals surface area contributed by atoms with Gasteiger partial charge in [0.25, 0.3) is 5.91 Å². The van der Waals surface area contributed by atoms with Crippen molar-refractivity contribution in [1.29, 1.82) is 0 Å². The Hall–Kier alpha value is -2.93. The van der Waals surface area contributed by atoms with E-state index in [1.54, 1.807) is 19.1 Å². The van der Waals surface area contributed by atoms with Crippen LogP contribution in [0.4, 0.5) is 8.78 Å². The molecule has 0 aliphatic rings. The molecule has 158 valence electrons. The van der Waals surface area contributed by atoms with Gasteiger partial charge in [-0.2, -0.15) is 0 Å². The monoisotopic (exact) mass is 434 g/mol. The van der Waals surface area contributed by atoms with Crippen LogP contribution in [0.3, 0.4) is 0 Å². The van der Waals surface area contributed by atoms with Gasteiger partial charge in [-0.3, -0.25) is 14.2 Å². The number of nitrogens with zero attached hydrogens (tertiary/aromatic N) is 1. The third-order valence-electron chi connectivity index (χ3n) is 4.82. The number of ether oxygens (including phenoxy) is 1. The molecule has 1 amide bonds. The minimum absolute atomic E-state index is 0.253. The highest BCUT2D eigenvalue weighted by Gasteiger charge is 2.23. The maximum Gasteiger partial charge on any atom is 0.265 e. The smallest absolute Gasteiger partial charge is 0.265 e. The van der Waals surface area contributed by atoms with Gasteiger partial charge in [-0.15, -0.1) is 0 Å². The van der Waals surface area contributed by atoms with Gasteiger partial charge in [0.1, 0.15) is 17.4 Å². The molecule has 0 aliphatic heterocycles. The van der Waals surface area contributed by atoms with Gasteiger partial charge in [-0.05, 0) is 49.6 Å². The van der Waals surface area contributed by atoms with Crippen LogP contribution in [0.25, 0.3) is 10.9 Å². The molecular formula is C22H21ClF2N2O3. The molecule has 3 aromatic rings. The molecule has 5 nitrogen and oxygen atoms in total. The highest BCUT2D eigenvalue weighted by atomic mass is 35.5. The molecule has 30 heavy (non-hydrogen) atoms. The Labute approximate surface area is 177 Å². The molecule has 0 fully saturated rings. The Morgan fingerprint density at radius 2 is 2.03 bits per heavy atom. The molecule has 3 rings (SSSR count). The highest BCUT2D eigenvalue weighted by Crippen LogP contribution is 2.36. The van der Waals surface area contributed by atoms with Crippen LogP contribution in [0.2, 0.25) is 5.02 Å². The predicted molar refractivity (Wildman–Crippen MR) is 111 cm³/mol. The normalized spacial score (nSPS) is 11.0. The first kappa shape index (κ1) is 21.8. The molecule has 2 aromatic carbocycles. The van der Waals surface area contributed by atoms with Crippen LogP contribution in [0.15, 0.2) is 30.3 Å². The zero-order chi connectivity index (χ0) is 21.8. The number of rotatable bonds is 8. The second kappa shape index (κ2) is 9.26. The number of fused-ring (bicyclic) bond motifs is 1. The molecule has 0 saturated carbocycles. The first-order valence-corrected chi connectivity index (χ1v) is 9.89. The van der Waals surface area contributed by atoms with E-state index in [4.69, 9.17) is 16.3 Å². The first-order chi connectivity index (χ1) is 14.4. The van der Waals surface area contributed by atoms with E-state index < -0.39 is 17.5 Å². The maximum atomic E-state index is 14.3. The standard InChI is InChI=1S/C22H21ClF2N2O3/c1-3-8-30-21-10-17-15(6-7-26-12-28)13(2)27(20(17)11-18(21)23)22(29)16-5-4-14(24)9-19(16)25/h4-5,9-12H,3,6-8H2,1-2H3,(H,26,28). The lowest BCUT2D eigenvalue weighted by molar-refractivity contribution is -0.109. The van der Waals surface area contributed by atoms with E-state index in [0.29, 0.717) is 59.4 Å². The van der Waals surface area contributed by atoms with Crippen LogP contribution >= 0.6 is 11.6 Å². The molecule has 0 aliphatic carbocycles. The molecule has 0 spiro atoms. The van der Waals surface area contributed by atoms with Crippen molar-refractivity contribution in [1.82, 2.24) is 9.88 Å². The van der Waals surface area contributed by atoms with Crippen molar-refractivity contribution in [3.8, 4) is 5.75 Å². The fraction of sp³-hybridized carbons (Fsp3) is 0.273. The summed E-state index contributed by atoms with van der Waals surface area (Å²) >= 11 is 6.37. The number of hydrogen-bond acceptors (Lipinski definition) is 3.